The van der Waals surface area contributed by atoms with Crippen LogP contribution in [0.25, 0.3) is 0 Å². The largest absolute Gasteiger partial charge is 0.311 e. The van der Waals surface area contributed by atoms with Gasteiger partial charge in [0.05, 0.1) is 5.69 Å². The number of hydrogen-bond acceptors (Lipinski definition) is 3. The van der Waals surface area contributed by atoms with Crippen molar-refractivity contribution >= 4 is 28.5 Å². The van der Waals surface area contributed by atoms with E-state index in [4.69, 9.17) is 0 Å². The zero-order valence-corrected chi connectivity index (χ0v) is 17.7. The second-order valence-corrected chi connectivity index (χ2v) is 9.78. The summed E-state index contributed by atoms with van der Waals surface area (Å²) in [4.78, 5) is 28.6. The van der Waals surface area contributed by atoms with Gasteiger partial charge in [-0.3, -0.25) is 9.59 Å². The maximum atomic E-state index is 13.2. The average Bonchev–Trinajstić information content (AvgIpc) is 3.09. The number of carbonyl (C=O) groups excluding carboxylic acids is 2. The SMILES string of the molecule is CC(C)CCN(C(=O)C1CCCC1)c1ccccc1SC(=O)C(C)(C)C. The number of nitrogens with zero attached hydrogens (tertiary/aromatic N) is 1. The van der Waals surface area contributed by atoms with Gasteiger partial charge in [0, 0.05) is 22.8 Å². The van der Waals surface area contributed by atoms with Crippen LogP contribution in [0.3, 0.4) is 0 Å². The number of hydrogen-bond donors (Lipinski definition) is 0. The molecule has 1 aromatic rings. The van der Waals surface area contributed by atoms with Gasteiger partial charge in [-0.1, -0.05) is 59.6 Å². The molecular formula is C22H33NO2S. The lowest BCUT2D eigenvalue weighted by Gasteiger charge is -2.28. The van der Waals surface area contributed by atoms with Crippen molar-refractivity contribution in [2.24, 2.45) is 17.3 Å². The third kappa shape index (κ3) is 5.60. The molecule has 4 heteroatoms. The third-order valence-corrected chi connectivity index (χ3v) is 6.23. The van der Waals surface area contributed by atoms with Crippen molar-refractivity contribution in [3.8, 4) is 0 Å². The Morgan fingerprint density at radius 3 is 2.35 bits per heavy atom. The minimum absolute atomic E-state index is 0.127. The summed E-state index contributed by atoms with van der Waals surface area (Å²) in [5.41, 5.74) is 0.489. The number of carbonyl (C=O) groups is 2. The molecule has 0 saturated heterocycles. The number of para-hydroxylation sites is 1. The third-order valence-electron chi connectivity index (χ3n) is 4.87. The quantitative estimate of drug-likeness (QED) is 0.579. The maximum Gasteiger partial charge on any atom is 0.230 e. The normalized spacial score (nSPS) is 15.5. The fraction of sp³-hybridized carbons (Fsp3) is 0.636. The van der Waals surface area contributed by atoms with E-state index in [0.29, 0.717) is 12.5 Å². The summed E-state index contributed by atoms with van der Waals surface area (Å²) in [6.45, 7) is 10.9. The van der Waals surface area contributed by atoms with Crippen molar-refractivity contribution in [1.82, 2.24) is 0 Å². The van der Waals surface area contributed by atoms with Crippen molar-refractivity contribution < 1.29 is 9.59 Å². The van der Waals surface area contributed by atoms with E-state index in [-0.39, 0.29) is 16.9 Å². The molecule has 1 aliphatic rings. The van der Waals surface area contributed by atoms with Gasteiger partial charge < -0.3 is 4.90 Å². The summed E-state index contributed by atoms with van der Waals surface area (Å²) in [6, 6.07) is 7.87. The minimum Gasteiger partial charge on any atom is -0.311 e. The van der Waals surface area contributed by atoms with E-state index < -0.39 is 5.41 Å². The van der Waals surface area contributed by atoms with E-state index in [1.54, 1.807) is 0 Å². The molecule has 1 fully saturated rings. The van der Waals surface area contributed by atoms with Crippen molar-refractivity contribution in [3.05, 3.63) is 24.3 Å². The van der Waals surface area contributed by atoms with E-state index in [9.17, 15) is 9.59 Å². The van der Waals surface area contributed by atoms with Gasteiger partial charge >= 0.3 is 0 Å². The van der Waals surface area contributed by atoms with E-state index >= 15 is 0 Å². The molecule has 144 valence electrons. The van der Waals surface area contributed by atoms with Crippen LogP contribution in [0.15, 0.2) is 29.2 Å². The summed E-state index contributed by atoms with van der Waals surface area (Å²) in [6.07, 6.45) is 5.24. The predicted molar refractivity (Wildman–Crippen MR) is 111 cm³/mol. The molecule has 3 nitrogen and oxygen atoms in total. The second kappa shape index (κ2) is 9.07. The number of amides is 1. The molecule has 1 saturated carbocycles. The Balaban J connectivity index is 2.31. The number of anilines is 1. The van der Waals surface area contributed by atoms with E-state index in [1.807, 2.05) is 49.9 Å². The molecule has 0 radical (unpaired) electrons. The fourth-order valence-electron chi connectivity index (χ4n) is 3.15. The van der Waals surface area contributed by atoms with Crippen molar-refractivity contribution in [2.75, 3.05) is 11.4 Å². The number of benzene rings is 1. The Bertz CT molecular complexity index is 627. The molecule has 1 aliphatic carbocycles. The Morgan fingerprint density at radius 1 is 1.15 bits per heavy atom. The Labute approximate surface area is 162 Å². The topological polar surface area (TPSA) is 37.4 Å². The van der Waals surface area contributed by atoms with E-state index in [0.717, 1.165) is 42.7 Å². The first-order chi connectivity index (χ1) is 12.2. The van der Waals surface area contributed by atoms with Crippen LogP contribution >= 0.6 is 11.8 Å². The van der Waals surface area contributed by atoms with Crippen LogP contribution in [-0.4, -0.2) is 17.6 Å². The first kappa shape index (κ1) is 21.0. The molecule has 0 atom stereocenters. The Morgan fingerprint density at radius 2 is 1.77 bits per heavy atom. The van der Waals surface area contributed by atoms with Crippen molar-refractivity contribution in [1.29, 1.82) is 0 Å². The van der Waals surface area contributed by atoms with Crippen LogP contribution in [0.2, 0.25) is 0 Å². The summed E-state index contributed by atoms with van der Waals surface area (Å²) in [5, 5.41) is 0.127. The van der Waals surface area contributed by atoms with Gasteiger partial charge in [-0.2, -0.15) is 0 Å². The smallest absolute Gasteiger partial charge is 0.230 e. The highest BCUT2D eigenvalue weighted by atomic mass is 32.2. The first-order valence-electron chi connectivity index (χ1n) is 9.83. The first-order valence-corrected chi connectivity index (χ1v) is 10.6. The van der Waals surface area contributed by atoms with Crippen LogP contribution in [-0.2, 0) is 9.59 Å². The number of rotatable bonds is 6. The van der Waals surface area contributed by atoms with Gasteiger partial charge in [0.25, 0.3) is 0 Å². The lowest BCUT2D eigenvalue weighted by molar-refractivity contribution is -0.122. The lowest BCUT2D eigenvalue weighted by Crippen LogP contribution is -2.37. The van der Waals surface area contributed by atoms with Gasteiger partial charge in [-0.15, -0.1) is 0 Å². The molecule has 0 heterocycles. The van der Waals surface area contributed by atoms with Crippen molar-refractivity contribution in [3.63, 3.8) is 0 Å². The summed E-state index contributed by atoms with van der Waals surface area (Å²) < 4.78 is 0. The molecule has 0 spiro atoms. The van der Waals surface area contributed by atoms with Crippen LogP contribution in [0.5, 0.6) is 0 Å². The van der Waals surface area contributed by atoms with Crippen molar-refractivity contribution in [2.45, 2.75) is 71.6 Å². The van der Waals surface area contributed by atoms with Crippen LogP contribution in [0.4, 0.5) is 5.69 Å². The molecule has 1 amide bonds. The zero-order chi connectivity index (χ0) is 19.3. The van der Waals surface area contributed by atoms with Gasteiger partial charge in [0.1, 0.15) is 0 Å². The van der Waals surface area contributed by atoms with Gasteiger partial charge in [-0.25, -0.2) is 0 Å². The van der Waals surface area contributed by atoms with Gasteiger partial charge in [0.2, 0.25) is 5.91 Å². The highest BCUT2D eigenvalue weighted by molar-refractivity contribution is 8.13. The van der Waals surface area contributed by atoms with Gasteiger partial charge in [-0.05, 0) is 49.1 Å². The van der Waals surface area contributed by atoms with Crippen LogP contribution in [0, 0.1) is 17.3 Å². The molecule has 0 bridgehead atoms. The molecule has 0 aliphatic heterocycles. The lowest BCUT2D eigenvalue weighted by atomic mass is 10.00. The fourth-order valence-corrected chi connectivity index (χ4v) is 4.08. The van der Waals surface area contributed by atoms with Gasteiger partial charge in [0.15, 0.2) is 5.12 Å². The maximum absolute atomic E-state index is 13.2. The molecule has 0 aromatic heterocycles. The summed E-state index contributed by atoms with van der Waals surface area (Å²) >= 11 is 1.27. The standard InChI is InChI=1S/C22H33NO2S/c1-16(2)14-15-23(20(24)17-10-6-7-11-17)18-12-8-9-13-19(18)26-21(25)22(3,4)5/h8-9,12-13,16-17H,6-7,10-11,14-15H2,1-5H3. The molecule has 0 unspecified atom stereocenters. The second-order valence-electron chi connectivity index (χ2n) is 8.76. The number of thioether (sulfide) groups is 1. The highest BCUT2D eigenvalue weighted by Gasteiger charge is 2.30. The summed E-state index contributed by atoms with van der Waals surface area (Å²) in [5.74, 6) is 0.905. The van der Waals surface area contributed by atoms with Crippen LogP contribution in [0.1, 0.15) is 66.7 Å². The highest BCUT2D eigenvalue weighted by Crippen LogP contribution is 2.37. The van der Waals surface area contributed by atoms with E-state index in [1.165, 1.54) is 11.8 Å². The Hall–Kier alpha value is -1.29. The summed E-state index contributed by atoms with van der Waals surface area (Å²) in [7, 11) is 0. The molecule has 26 heavy (non-hydrogen) atoms. The molecule has 2 rings (SSSR count). The van der Waals surface area contributed by atoms with E-state index in [2.05, 4.69) is 13.8 Å². The van der Waals surface area contributed by atoms with Crippen LogP contribution < -0.4 is 4.90 Å². The predicted octanol–water partition coefficient (Wildman–Crippen LogP) is 5.92. The average molecular weight is 376 g/mol. The molecule has 0 N–H and O–H groups in total. The Kier molecular flexibility index (Phi) is 7.33. The molecule has 1 aromatic carbocycles. The minimum atomic E-state index is -0.407. The monoisotopic (exact) mass is 375 g/mol. The molecular weight excluding hydrogens is 342 g/mol. The zero-order valence-electron chi connectivity index (χ0n) is 16.9.